The molecule has 0 aromatic heterocycles. The third-order valence-electron chi connectivity index (χ3n) is 3.41. The number of aliphatic hydroxyl groups excluding tert-OH is 1. The van der Waals surface area contributed by atoms with Gasteiger partial charge in [0.2, 0.25) is 5.91 Å². The number of amides is 1. The number of hydrogen-bond donors (Lipinski definition) is 2. The normalized spacial score (nSPS) is 13.8. The molecule has 1 aromatic rings. The lowest BCUT2D eigenvalue weighted by atomic mass is 9.96. The van der Waals surface area contributed by atoms with Crippen molar-refractivity contribution in [1.82, 2.24) is 5.48 Å². The summed E-state index contributed by atoms with van der Waals surface area (Å²) < 4.78 is 5.30. The first-order valence-corrected chi connectivity index (χ1v) is 7.17. The van der Waals surface area contributed by atoms with Crippen molar-refractivity contribution in [3.8, 4) is 5.75 Å². The fraction of sp³-hybridized carbons (Fsp3) is 0.562. The van der Waals surface area contributed by atoms with Gasteiger partial charge in [-0.05, 0) is 23.5 Å². The number of rotatable bonds is 8. The molecule has 0 radical (unpaired) electrons. The zero-order valence-corrected chi connectivity index (χ0v) is 13.1. The van der Waals surface area contributed by atoms with E-state index in [0.717, 1.165) is 11.3 Å². The fourth-order valence-corrected chi connectivity index (χ4v) is 2.03. The Bertz CT molecular complexity index is 448. The molecule has 5 nitrogen and oxygen atoms in total. The number of carbonyl (C=O) groups excluding carboxylic acids is 1. The van der Waals surface area contributed by atoms with Gasteiger partial charge >= 0.3 is 0 Å². The van der Waals surface area contributed by atoms with Gasteiger partial charge in [-0.15, -0.1) is 0 Å². The molecule has 21 heavy (non-hydrogen) atoms. The van der Waals surface area contributed by atoms with Crippen LogP contribution in [0, 0.1) is 5.92 Å². The van der Waals surface area contributed by atoms with Gasteiger partial charge in [0.15, 0.2) is 0 Å². The van der Waals surface area contributed by atoms with E-state index in [1.807, 2.05) is 45.0 Å². The zero-order chi connectivity index (χ0) is 15.8. The summed E-state index contributed by atoms with van der Waals surface area (Å²) in [7, 11) is 1.61. The maximum Gasteiger partial charge on any atom is 0.244 e. The summed E-state index contributed by atoms with van der Waals surface area (Å²) >= 11 is 0. The van der Waals surface area contributed by atoms with E-state index in [1.165, 1.54) is 0 Å². The standard InChI is InChI=1S/C16H25NO4/c1-11(2)15(10-18)21-17-16(19)9-12(3)13-7-5-6-8-14(13)20-4/h5-8,11-12,15,18H,9-10H2,1-4H3,(H,17,19)/t12-,15-/m1/s1. The van der Waals surface area contributed by atoms with E-state index in [1.54, 1.807) is 7.11 Å². The van der Waals surface area contributed by atoms with Crippen LogP contribution in [-0.4, -0.2) is 30.8 Å². The van der Waals surface area contributed by atoms with Crippen LogP contribution in [0.1, 0.15) is 38.7 Å². The van der Waals surface area contributed by atoms with Gasteiger partial charge in [-0.2, -0.15) is 0 Å². The molecule has 0 aliphatic carbocycles. The average molecular weight is 295 g/mol. The Morgan fingerprint density at radius 1 is 1.29 bits per heavy atom. The summed E-state index contributed by atoms with van der Waals surface area (Å²) in [6.07, 6.45) is -0.105. The van der Waals surface area contributed by atoms with Gasteiger partial charge in [-0.1, -0.05) is 39.0 Å². The van der Waals surface area contributed by atoms with Gasteiger partial charge in [0.1, 0.15) is 11.9 Å². The smallest absolute Gasteiger partial charge is 0.244 e. The molecule has 0 spiro atoms. The predicted molar refractivity (Wildman–Crippen MR) is 81.0 cm³/mol. The highest BCUT2D eigenvalue weighted by Crippen LogP contribution is 2.28. The number of hydroxylamine groups is 1. The topological polar surface area (TPSA) is 67.8 Å². The van der Waals surface area contributed by atoms with Crippen molar-refractivity contribution in [2.75, 3.05) is 13.7 Å². The van der Waals surface area contributed by atoms with E-state index in [9.17, 15) is 4.79 Å². The van der Waals surface area contributed by atoms with Gasteiger partial charge < -0.3 is 9.84 Å². The molecular formula is C16H25NO4. The largest absolute Gasteiger partial charge is 0.496 e. The lowest BCUT2D eigenvalue weighted by Crippen LogP contribution is -2.35. The summed E-state index contributed by atoms with van der Waals surface area (Å²) in [6.45, 7) is 5.68. The average Bonchev–Trinajstić information content (AvgIpc) is 2.47. The summed E-state index contributed by atoms with van der Waals surface area (Å²) in [5, 5.41) is 9.14. The summed E-state index contributed by atoms with van der Waals surface area (Å²) in [4.78, 5) is 17.1. The molecule has 1 rings (SSSR count). The molecular weight excluding hydrogens is 270 g/mol. The van der Waals surface area contributed by atoms with E-state index in [0.29, 0.717) is 0 Å². The van der Waals surface area contributed by atoms with Crippen LogP contribution in [0.2, 0.25) is 0 Å². The van der Waals surface area contributed by atoms with Crippen LogP contribution in [0.4, 0.5) is 0 Å². The molecule has 0 bridgehead atoms. The SMILES string of the molecule is COc1ccccc1[C@H](C)CC(=O)NO[C@H](CO)C(C)C. The second-order valence-corrected chi connectivity index (χ2v) is 5.46. The summed E-state index contributed by atoms with van der Waals surface area (Å²) in [5.41, 5.74) is 3.40. The van der Waals surface area contributed by atoms with Crippen LogP contribution >= 0.6 is 0 Å². The van der Waals surface area contributed by atoms with Crippen molar-refractivity contribution >= 4 is 5.91 Å². The van der Waals surface area contributed by atoms with Crippen LogP contribution in [0.3, 0.4) is 0 Å². The van der Waals surface area contributed by atoms with Crippen molar-refractivity contribution < 1.29 is 19.5 Å². The van der Waals surface area contributed by atoms with Crippen LogP contribution in [-0.2, 0) is 9.63 Å². The monoisotopic (exact) mass is 295 g/mol. The molecule has 0 fully saturated rings. The number of nitrogens with one attached hydrogen (secondary N) is 1. The number of benzene rings is 1. The lowest BCUT2D eigenvalue weighted by molar-refractivity contribution is -0.144. The quantitative estimate of drug-likeness (QED) is 0.722. The van der Waals surface area contributed by atoms with Crippen LogP contribution in [0.15, 0.2) is 24.3 Å². The van der Waals surface area contributed by atoms with E-state index >= 15 is 0 Å². The van der Waals surface area contributed by atoms with E-state index < -0.39 is 6.10 Å². The second kappa shape index (κ2) is 8.64. The summed E-state index contributed by atoms with van der Waals surface area (Å²) in [5.74, 6) is 0.694. The minimum absolute atomic E-state index is 0.0105. The number of ether oxygens (including phenoxy) is 1. The maximum atomic E-state index is 11.9. The molecule has 0 saturated carbocycles. The molecule has 0 heterocycles. The molecule has 0 aliphatic rings. The number of carbonyl (C=O) groups is 1. The third kappa shape index (κ3) is 5.36. The van der Waals surface area contributed by atoms with Gasteiger partial charge in [-0.25, -0.2) is 5.48 Å². The highest BCUT2D eigenvalue weighted by Gasteiger charge is 2.18. The number of aliphatic hydroxyl groups is 1. The minimum Gasteiger partial charge on any atom is -0.496 e. The fourth-order valence-electron chi connectivity index (χ4n) is 2.03. The highest BCUT2D eigenvalue weighted by molar-refractivity contribution is 5.75. The van der Waals surface area contributed by atoms with Crippen molar-refractivity contribution in [3.05, 3.63) is 29.8 Å². The third-order valence-corrected chi connectivity index (χ3v) is 3.41. The Labute approximate surface area is 126 Å². The van der Waals surface area contributed by atoms with E-state index in [2.05, 4.69) is 5.48 Å². The molecule has 2 atom stereocenters. The van der Waals surface area contributed by atoms with Crippen LogP contribution in [0.25, 0.3) is 0 Å². The molecule has 118 valence electrons. The molecule has 1 aromatic carbocycles. The summed E-state index contributed by atoms with van der Waals surface area (Å²) in [6, 6.07) is 7.64. The van der Waals surface area contributed by atoms with Gasteiger partial charge in [0.05, 0.1) is 13.7 Å². The van der Waals surface area contributed by atoms with Gasteiger partial charge in [0, 0.05) is 6.42 Å². The molecule has 0 aliphatic heterocycles. The van der Waals surface area contributed by atoms with Gasteiger partial charge in [-0.3, -0.25) is 9.63 Å². The van der Waals surface area contributed by atoms with Gasteiger partial charge in [0.25, 0.3) is 0 Å². The minimum atomic E-state index is -0.393. The first-order valence-electron chi connectivity index (χ1n) is 7.17. The van der Waals surface area contributed by atoms with Crippen LogP contribution < -0.4 is 10.2 Å². The molecule has 0 unspecified atom stereocenters. The number of para-hydroxylation sites is 1. The van der Waals surface area contributed by atoms with E-state index in [4.69, 9.17) is 14.7 Å². The van der Waals surface area contributed by atoms with Crippen molar-refractivity contribution in [3.63, 3.8) is 0 Å². The first kappa shape index (κ1) is 17.5. The second-order valence-electron chi connectivity index (χ2n) is 5.46. The maximum absolute atomic E-state index is 11.9. The van der Waals surface area contributed by atoms with E-state index in [-0.39, 0.29) is 30.8 Å². The number of hydrogen-bond acceptors (Lipinski definition) is 4. The first-order chi connectivity index (χ1) is 9.99. The molecule has 2 N–H and O–H groups in total. The molecule has 5 heteroatoms. The Hall–Kier alpha value is -1.59. The molecule has 1 amide bonds. The van der Waals surface area contributed by atoms with Crippen molar-refractivity contribution in [1.29, 1.82) is 0 Å². The molecule has 0 saturated heterocycles. The highest BCUT2D eigenvalue weighted by atomic mass is 16.7. The lowest BCUT2D eigenvalue weighted by Gasteiger charge is -2.20. The van der Waals surface area contributed by atoms with Crippen molar-refractivity contribution in [2.24, 2.45) is 5.92 Å². The Balaban J connectivity index is 2.54. The zero-order valence-electron chi connectivity index (χ0n) is 13.1. The van der Waals surface area contributed by atoms with Crippen LogP contribution in [0.5, 0.6) is 5.75 Å². The number of methoxy groups -OCH3 is 1. The Kier molecular flexibility index (Phi) is 7.19. The Morgan fingerprint density at radius 3 is 2.52 bits per heavy atom. The Morgan fingerprint density at radius 2 is 1.95 bits per heavy atom. The predicted octanol–water partition coefficient (Wildman–Crippen LogP) is 2.25. The van der Waals surface area contributed by atoms with Crippen molar-refractivity contribution in [2.45, 2.75) is 39.2 Å².